The molecular weight excluding hydrogens is 356 g/mol. The van der Waals surface area contributed by atoms with Crippen molar-refractivity contribution in [1.82, 2.24) is 9.88 Å². The van der Waals surface area contributed by atoms with Crippen LogP contribution in [-0.4, -0.2) is 40.7 Å². The number of hydrogen-bond acceptors (Lipinski definition) is 5. The van der Waals surface area contributed by atoms with Gasteiger partial charge in [-0.3, -0.25) is 19.3 Å². The Balaban J connectivity index is 1.61. The highest BCUT2D eigenvalue weighted by atomic mass is 16.2. The first-order valence-electron chi connectivity index (χ1n) is 9.46. The third-order valence-corrected chi connectivity index (χ3v) is 4.80. The number of likely N-dealkylation sites (tertiary alicyclic amines) is 1. The van der Waals surface area contributed by atoms with Crippen molar-refractivity contribution in [3.63, 3.8) is 0 Å². The fraction of sp³-hybridized carbons (Fsp3) is 0.333. The van der Waals surface area contributed by atoms with E-state index in [1.54, 1.807) is 30.5 Å². The van der Waals surface area contributed by atoms with Gasteiger partial charge < -0.3 is 10.2 Å². The van der Waals surface area contributed by atoms with Crippen LogP contribution >= 0.6 is 0 Å². The van der Waals surface area contributed by atoms with Gasteiger partial charge in [0.1, 0.15) is 5.82 Å². The molecule has 0 saturated carbocycles. The van der Waals surface area contributed by atoms with Crippen LogP contribution in [0.1, 0.15) is 42.6 Å². The van der Waals surface area contributed by atoms with E-state index >= 15 is 0 Å². The van der Waals surface area contributed by atoms with Gasteiger partial charge in [-0.2, -0.15) is 0 Å². The second-order valence-electron chi connectivity index (χ2n) is 6.60. The van der Waals surface area contributed by atoms with Crippen LogP contribution in [0.3, 0.4) is 0 Å². The van der Waals surface area contributed by atoms with Crippen LogP contribution in [0.5, 0.6) is 0 Å². The van der Waals surface area contributed by atoms with Gasteiger partial charge in [0.25, 0.3) is 5.91 Å². The van der Waals surface area contributed by atoms with E-state index in [0.717, 1.165) is 24.5 Å². The molecular formula is C21H24N4O3. The van der Waals surface area contributed by atoms with Crippen molar-refractivity contribution in [3.05, 3.63) is 53.7 Å². The van der Waals surface area contributed by atoms with Crippen molar-refractivity contribution < 1.29 is 14.4 Å². The lowest BCUT2D eigenvalue weighted by Gasteiger charge is -2.19. The molecule has 0 bridgehead atoms. The topological polar surface area (TPSA) is 82.6 Å². The Bertz CT molecular complexity index is 842. The molecule has 7 heteroatoms. The summed E-state index contributed by atoms with van der Waals surface area (Å²) in [7, 11) is 0. The number of amides is 3. The molecule has 0 aliphatic carbocycles. The maximum absolute atomic E-state index is 12.4. The number of benzene rings is 1. The number of carbonyl (C=O) groups is 3. The minimum Gasteiger partial charge on any atom is -0.357 e. The summed E-state index contributed by atoms with van der Waals surface area (Å²) in [6.07, 6.45) is 2.20. The summed E-state index contributed by atoms with van der Waals surface area (Å²) in [6, 6.07) is 10.6. The minimum absolute atomic E-state index is 0.146. The van der Waals surface area contributed by atoms with Gasteiger partial charge in [0.15, 0.2) is 0 Å². The van der Waals surface area contributed by atoms with Gasteiger partial charge in [-0.05, 0) is 43.7 Å². The van der Waals surface area contributed by atoms with E-state index < -0.39 is 0 Å². The minimum atomic E-state index is -0.239. The summed E-state index contributed by atoms with van der Waals surface area (Å²) in [5, 5.41) is 2.83. The summed E-state index contributed by atoms with van der Waals surface area (Å²) in [5.74, 6) is 0.343. The summed E-state index contributed by atoms with van der Waals surface area (Å²) >= 11 is 0. The number of aromatic nitrogens is 1. The predicted octanol–water partition coefficient (Wildman–Crippen LogP) is 2.83. The van der Waals surface area contributed by atoms with E-state index in [1.807, 2.05) is 12.1 Å². The number of carbonyl (C=O) groups excluding carboxylic acids is 3. The first kappa shape index (κ1) is 19.5. The van der Waals surface area contributed by atoms with Crippen molar-refractivity contribution in [1.29, 1.82) is 0 Å². The summed E-state index contributed by atoms with van der Waals surface area (Å²) in [5.41, 5.74) is 1.93. The van der Waals surface area contributed by atoms with Gasteiger partial charge in [0, 0.05) is 31.5 Å². The fourth-order valence-corrected chi connectivity index (χ4v) is 3.14. The number of pyridine rings is 1. The molecule has 3 rings (SSSR count). The zero-order chi connectivity index (χ0) is 20.1. The summed E-state index contributed by atoms with van der Waals surface area (Å²) < 4.78 is 0. The molecule has 0 radical (unpaired) electrons. The van der Waals surface area contributed by atoms with E-state index in [-0.39, 0.29) is 37.1 Å². The van der Waals surface area contributed by atoms with Gasteiger partial charge in [0.05, 0.1) is 18.4 Å². The zero-order valence-corrected chi connectivity index (χ0v) is 16.1. The second kappa shape index (κ2) is 8.65. The van der Waals surface area contributed by atoms with Crippen LogP contribution in [0.25, 0.3) is 0 Å². The number of rotatable bonds is 7. The van der Waals surface area contributed by atoms with E-state index in [0.29, 0.717) is 11.3 Å². The summed E-state index contributed by atoms with van der Waals surface area (Å²) in [4.78, 5) is 43.6. The van der Waals surface area contributed by atoms with Gasteiger partial charge in [-0.15, -0.1) is 0 Å². The molecule has 146 valence electrons. The largest absolute Gasteiger partial charge is 0.357 e. The Morgan fingerprint density at radius 1 is 1.04 bits per heavy atom. The Kier molecular flexibility index (Phi) is 6.03. The predicted molar refractivity (Wildman–Crippen MR) is 107 cm³/mol. The molecule has 1 aromatic carbocycles. The monoisotopic (exact) mass is 380 g/mol. The van der Waals surface area contributed by atoms with E-state index in [1.165, 1.54) is 4.90 Å². The van der Waals surface area contributed by atoms with Crippen LogP contribution in [0, 0.1) is 0 Å². The molecule has 2 heterocycles. The lowest BCUT2D eigenvalue weighted by atomic mass is 10.1. The van der Waals surface area contributed by atoms with Gasteiger partial charge >= 0.3 is 0 Å². The second-order valence-corrected chi connectivity index (χ2v) is 6.60. The maximum Gasteiger partial charge on any atom is 0.255 e. The van der Waals surface area contributed by atoms with Crippen LogP contribution < -0.4 is 10.2 Å². The first-order chi connectivity index (χ1) is 13.5. The van der Waals surface area contributed by atoms with Crippen molar-refractivity contribution in [3.8, 4) is 0 Å². The zero-order valence-electron chi connectivity index (χ0n) is 16.1. The van der Waals surface area contributed by atoms with Crippen molar-refractivity contribution in [2.75, 3.05) is 23.3 Å². The molecule has 2 aromatic rings. The average molecular weight is 380 g/mol. The number of imide groups is 1. The number of hydrogen-bond donors (Lipinski definition) is 1. The molecule has 1 N–H and O–H groups in total. The third-order valence-electron chi connectivity index (χ3n) is 4.80. The molecule has 1 aliphatic heterocycles. The normalized spacial score (nSPS) is 13.7. The Morgan fingerprint density at radius 2 is 1.68 bits per heavy atom. The number of anilines is 2. The summed E-state index contributed by atoms with van der Waals surface area (Å²) in [6.45, 7) is 6.13. The lowest BCUT2D eigenvalue weighted by molar-refractivity contribution is -0.139. The molecule has 3 amide bonds. The highest BCUT2D eigenvalue weighted by Crippen LogP contribution is 2.17. The van der Waals surface area contributed by atoms with Crippen LogP contribution in [0.2, 0.25) is 0 Å². The molecule has 0 unspecified atom stereocenters. The molecule has 28 heavy (non-hydrogen) atoms. The number of nitrogens with zero attached hydrogens (tertiary/aromatic N) is 3. The molecule has 1 saturated heterocycles. The SMILES string of the molecule is CCN(CC)c1ccc(NC(=O)c2ccc(CN3C(=O)CCC3=O)cc2)cn1. The standard InChI is InChI=1S/C21H24N4O3/c1-3-24(4-2)18-10-9-17(13-22-18)23-21(28)16-7-5-15(6-8-16)14-25-19(26)11-12-20(25)27/h5-10,13H,3-4,11-12,14H2,1-2H3,(H,23,28). The van der Waals surface area contributed by atoms with Crippen molar-refractivity contribution >= 4 is 29.2 Å². The first-order valence-corrected chi connectivity index (χ1v) is 9.46. The van der Waals surface area contributed by atoms with Gasteiger partial charge in [-0.25, -0.2) is 4.98 Å². The Labute approximate surface area is 164 Å². The van der Waals surface area contributed by atoms with E-state index in [9.17, 15) is 14.4 Å². The molecule has 0 spiro atoms. The lowest BCUT2D eigenvalue weighted by Crippen LogP contribution is -2.28. The highest BCUT2D eigenvalue weighted by molar-refractivity contribution is 6.04. The average Bonchev–Trinajstić information content (AvgIpc) is 3.02. The highest BCUT2D eigenvalue weighted by Gasteiger charge is 2.28. The molecule has 1 fully saturated rings. The smallest absolute Gasteiger partial charge is 0.255 e. The van der Waals surface area contributed by atoms with E-state index in [2.05, 4.69) is 29.0 Å². The quantitative estimate of drug-likeness (QED) is 0.747. The Morgan fingerprint density at radius 3 is 2.21 bits per heavy atom. The van der Waals surface area contributed by atoms with E-state index in [4.69, 9.17) is 0 Å². The van der Waals surface area contributed by atoms with Crippen LogP contribution in [0.15, 0.2) is 42.6 Å². The maximum atomic E-state index is 12.4. The van der Waals surface area contributed by atoms with Gasteiger partial charge in [-0.1, -0.05) is 12.1 Å². The number of nitrogens with one attached hydrogen (secondary N) is 1. The molecule has 0 atom stereocenters. The van der Waals surface area contributed by atoms with Gasteiger partial charge in [0.2, 0.25) is 11.8 Å². The molecule has 7 nitrogen and oxygen atoms in total. The third kappa shape index (κ3) is 4.36. The molecule has 1 aliphatic rings. The fourth-order valence-electron chi connectivity index (χ4n) is 3.14. The van der Waals surface area contributed by atoms with Crippen LogP contribution in [-0.2, 0) is 16.1 Å². The molecule has 1 aromatic heterocycles. The van der Waals surface area contributed by atoms with Crippen LogP contribution in [0.4, 0.5) is 11.5 Å². The Hall–Kier alpha value is -3.22. The van der Waals surface area contributed by atoms with Crippen molar-refractivity contribution in [2.45, 2.75) is 33.2 Å². The van der Waals surface area contributed by atoms with Crippen molar-refractivity contribution in [2.24, 2.45) is 0 Å².